The standard InChI is InChI=1S/C13H16N2O5/c1-20-9-6-5-8(7-9)14-13(17)10-3-2-4-11(12(10)16)15(18)19/h2-4,8-9,16H,5-7H2,1H3,(H,14,17). The summed E-state index contributed by atoms with van der Waals surface area (Å²) in [5.41, 5.74) is -0.557. The number of carbonyl (C=O) groups is 1. The van der Waals surface area contributed by atoms with Gasteiger partial charge in [0.1, 0.15) is 0 Å². The van der Waals surface area contributed by atoms with Crippen molar-refractivity contribution in [2.75, 3.05) is 7.11 Å². The second-order valence-electron chi connectivity index (χ2n) is 4.77. The highest BCUT2D eigenvalue weighted by Crippen LogP contribution is 2.30. The lowest BCUT2D eigenvalue weighted by Crippen LogP contribution is -2.33. The molecule has 7 nitrogen and oxygen atoms in total. The number of amides is 1. The number of hydrogen-bond donors (Lipinski definition) is 2. The molecular formula is C13H16N2O5. The molecule has 1 saturated carbocycles. The number of benzene rings is 1. The number of para-hydroxylation sites is 1. The van der Waals surface area contributed by atoms with Crippen LogP contribution in [0.25, 0.3) is 0 Å². The summed E-state index contributed by atoms with van der Waals surface area (Å²) in [5, 5.41) is 23.3. The summed E-state index contributed by atoms with van der Waals surface area (Å²) in [6.07, 6.45) is 2.49. The van der Waals surface area contributed by atoms with Crippen LogP contribution in [0.4, 0.5) is 5.69 Å². The van der Waals surface area contributed by atoms with E-state index in [4.69, 9.17) is 4.74 Å². The minimum absolute atomic E-state index is 0.0360. The normalized spacial score (nSPS) is 21.6. The van der Waals surface area contributed by atoms with Crippen molar-refractivity contribution in [3.05, 3.63) is 33.9 Å². The number of nitrogens with one attached hydrogen (secondary N) is 1. The van der Waals surface area contributed by atoms with E-state index < -0.39 is 22.3 Å². The maximum Gasteiger partial charge on any atom is 0.311 e. The molecule has 0 aliphatic heterocycles. The topological polar surface area (TPSA) is 102 Å². The average molecular weight is 280 g/mol. The predicted octanol–water partition coefficient (Wildman–Crippen LogP) is 1.60. The fraction of sp³-hybridized carbons (Fsp3) is 0.462. The molecule has 0 spiro atoms. The predicted molar refractivity (Wildman–Crippen MR) is 70.7 cm³/mol. The molecule has 0 aromatic heterocycles. The van der Waals surface area contributed by atoms with Crippen LogP contribution in [0.5, 0.6) is 5.75 Å². The van der Waals surface area contributed by atoms with Gasteiger partial charge < -0.3 is 15.2 Å². The van der Waals surface area contributed by atoms with Gasteiger partial charge in [0, 0.05) is 19.2 Å². The van der Waals surface area contributed by atoms with Gasteiger partial charge in [0.25, 0.3) is 5.91 Å². The summed E-state index contributed by atoms with van der Waals surface area (Å²) >= 11 is 0. The van der Waals surface area contributed by atoms with Crippen LogP contribution < -0.4 is 5.32 Å². The molecule has 20 heavy (non-hydrogen) atoms. The maximum atomic E-state index is 12.1. The first-order valence-corrected chi connectivity index (χ1v) is 6.33. The molecular weight excluding hydrogens is 264 g/mol. The Morgan fingerprint density at radius 2 is 2.25 bits per heavy atom. The first-order chi connectivity index (χ1) is 9.52. The van der Waals surface area contributed by atoms with Crippen molar-refractivity contribution < 1.29 is 19.6 Å². The third kappa shape index (κ3) is 2.88. The first kappa shape index (κ1) is 14.3. The third-order valence-corrected chi connectivity index (χ3v) is 3.51. The molecule has 0 heterocycles. The van der Waals surface area contributed by atoms with Gasteiger partial charge in [-0.15, -0.1) is 0 Å². The summed E-state index contributed by atoms with van der Waals surface area (Å²) in [5.74, 6) is -1.11. The van der Waals surface area contributed by atoms with Crippen molar-refractivity contribution in [1.82, 2.24) is 5.32 Å². The van der Waals surface area contributed by atoms with Gasteiger partial charge in [0.05, 0.1) is 16.6 Å². The quantitative estimate of drug-likeness (QED) is 0.644. The van der Waals surface area contributed by atoms with Gasteiger partial charge in [-0.1, -0.05) is 6.07 Å². The number of aromatic hydroxyl groups is 1. The zero-order valence-corrected chi connectivity index (χ0v) is 11.0. The Labute approximate surface area is 115 Å². The third-order valence-electron chi connectivity index (χ3n) is 3.51. The number of carbonyl (C=O) groups excluding carboxylic acids is 1. The van der Waals surface area contributed by atoms with E-state index in [-0.39, 0.29) is 17.7 Å². The summed E-state index contributed by atoms with van der Waals surface area (Å²) in [6.45, 7) is 0. The Balaban J connectivity index is 2.10. The molecule has 1 fully saturated rings. The molecule has 1 aromatic carbocycles. The Hall–Kier alpha value is -2.15. The van der Waals surface area contributed by atoms with Crippen LogP contribution in [-0.2, 0) is 4.74 Å². The zero-order valence-electron chi connectivity index (χ0n) is 11.0. The van der Waals surface area contributed by atoms with E-state index in [1.807, 2.05) is 0 Å². The van der Waals surface area contributed by atoms with Crippen LogP contribution in [0, 0.1) is 10.1 Å². The summed E-state index contributed by atoms with van der Waals surface area (Å²) in [4.78, 5) is 22.1. The number of rotatable bonds is 4. The molecule has 1 amide bonds. The van der Waals surface area contributed by atoms with Crippen molar-refractivity contribution >= 4 is 11.6 Å². The lowest BCUT2D eigenvalue weighted by atomic mass is 10.1. The van der Waals surface area contributed by atoms with Crippen LogP contribution in [-0.4, -0.2) is 35.2 Å². The second kappa shape index (κ2) is 5.87. The van der Waals surface area contributed by atoms with Crippen LogP contribution in [0.2, 0.25) is 0 Å². The molecule has 2 atom stereocenters. The number of phenols is 1. The Bertz CT molecular complexity index is 531. The van der Waals surface area contributed by atoms with E-state index in [0.29, 0.717) is 6.42 Å². The van der Waals surface area contributed by atoms with E-state index in [0.717, 1.165) is 18.9 Å². The molecule has 7 heteroatoms. The molecule has 0 bridgehead atoms. The fourth-order valence-corrected chi connectivity index (χ4v) is 2.41. The number of phenolic OH excluding ortho intramolecular Hbond substituents is 1. The average Bonchev–Trinajstić information content (AvgIpc) is 2.86. The number of methoxy groups -OCH3 is 1. The Kier molecular flexibility index (Phi) is 4.19. The number of ether oxygens (including phenoxy) is 1. The fourth-order valence-electron chi connectivity index (χ4n) is 2.41. The highest BCUT2D eigenvalue weighted by atomic mass is 16.6. The van der Waals surface area contributed by atoms with Gasteiger partial charge in [-0.05, 0) is 25.3 Å². The zero-order chi connectivity index (χ0) is 14.7. The molecule has 1 aliphatic rings. The van der Waals surface area contributed by atoms with Gasteiger partial charge >= 0.3 is 5.69 Å². The van der Waals surface area contributed by atoms with Crippen LogP contribution in [0.15, 0.2) is 18.2 Å². The maximum absolute atomic E-state index is 12.1. The Morgan fingerprint density at radius 3 is 2.85 bits per heavy atom. The van der Waals surface area contributed by atoms with Crippen molar-refractivity contribution in [3.8, 4) is 5.75 Å². The minimum atomic E-state index is -0.720. The van der Waals surface area contributed by atoms with E-state index in [2.05, 4.69) is 5.32 Å². The largest absolute Gasteiger partial charge is 0.502 e. The molecule has 0 radical (unpaired) electrons. The van der Waals surface area contributed by atoms with Crippen LogP contribution in [0.1, 0.15) is 29.6 Å². The van der Waals surface area contributed by atoms with Crippen molar-refractivity contribution in [2.24, 2.45) is 0 Å². The van der Waals surface area contributed by atoms with Gasteiger partial charge in [-0.25, -0.2) is 0 Å². The second-order valence-corrected chi connectivity index (χ2v) is 4.77. The Morgan fingerprint density at radius 1 is 1.50 bits per heavy atom. The van der Waals surface area contributed by atoms with E-state index in [9.17, 15) is 20.0 Å². The summed E-state index contributed by atoms with van der Waals surface area (Å²) in [7, 11) is 1.63. The lowest BCUT2D eigenvalue weighted by molar-refractivity contribution is -0.385. The van der Waals surface area contributed by atoms with Crippen molar-refractivity contribution in [2.45, 2.75) is 31.4 Å². The van der Waals surface area contributed by atoms with Crippen molar-refractivity contribution in [3.63, 3.8) is 0 Å². The van der Waals surface area contributed by atoms with Gasteiger partial charge in [-0.3, -0.25) is 14.9 Å². The molecule has 2 rings (SSSR count). The van der Waals surface area contributed by atoms with Crippen LogP contribution in [0.3, 0.4) is 0 Å². The lowest BCUT2D eigenvalue weighted by Gasteiger charge is -2.13. The number of nitrogens with zero attached hydrogens (tertiary/aromatic N) is 1. The van der Waals surface area contributed by atoms with Gasteiger partial charge in [-0.2, -0.15) is 0 Å². The highest BCUT2D eigenvalue weighted by molar-refractivity contribution is 5.98. The SMILES string of the molecule is COC1CCC(NC(=O)c2cccc([N+](=O)[O-])c2O)C1. The molecule has 1 aliphatic carbocycles. The molecule has 0 saturated heterocycles. The van der Waals surface area contributed by atoms with E-state index in [1.54, 1.807) is 7.11 Å². The monoisotopic (exact) mass is 280 g/mol. The smallest absolute Gasteiger partial charge is 0.311 e. The number of hydrogen-bond acceptors (Lipinski definition) is 5. The van der Waals surface area contributed by atoms with E-state index >= 15 is 0 Å². The molecule has 2 N–H and O–H groups in total. The molecule has 1 aromatic rings. The van der Waals surface area contributed by atoms with E-state index in [1.165, 1.54) is 12.1 Å². The molecule has 2 unspecified atom stereocenters. The minimum Gasteiger partial charge on any atom is -0.502 e. The van der Waals surface area contributed by atoms with Crippen molar-refractivity contribution in [1.29, 1.82) is 0 Å². The van der Waals surface area contributed by atoms with Gasteiger partial charge in [0.15, 0.2) is 0 Å². The summed E-state index contributed by atoms with van der Waals surface area (Å²) in [6, 6.07) is 3.86. The summed E-state index contributed by atoms with van der Waals surface area (Å²) < 4.78 is 5.21. The van der Waals surface area contributed by atoms with Gasteiger partial charge in [0.2, 0.25) is 5.75 Å². The first-order valence-electron chi connectivity index (χ1n) is 6.33. The van der Waals surface area contributed by atoms with Crippen LogP contribution >= 0.6 is 0 Å². The highest BCUT2D eigenvalue weighted by Gasteiger charge is 2.28. The molecule has 108 valence electrons. The number of nitro benzene ring substituents is 1. The number of nitro groups is 1.